The largest absolute Gasteiger partial charge is 0.451 e. The third-order valence-corrected chi connectivity index (χ3v) is 3.06. The maximum atomic E-state index is 5.33. The first-order chi connectivity index (χ1) is 9.42. The number of pyridine rings is 1. The quantitative estimate of drug-likeness (QED) is 0.899. The number of oxazole rings is 1. The molecule has 0 unspecified atom stereocenters. The zero-order chi connectivity index (χ0) is 12.9. The Bertz CT molecular complexity index is 492. The normalized spacial score (nSPS) is 15.5. The highest BCUT2D eigenvalue weighted by atomic mass is 16.5. The fraction of sp³-hybridized carbons (Fsp3) is 0.385. The highest BCUT2D eigenvalue weighted by Crippen LogP contribution is 2.16. The summed E-state index contributed by atoms with van der Waals surface area (Å²) in [6.07, 6.45) is 4.93. The van der Waals surface area contributed by atoms with E-state index in [1.54, 1.807) is 6.26 Å². The molecule has 6 nitrogen and oxygen atoms in total. The fourth-order valence-corrected chi connectivity index (χ4v) is 2.01. The van der Waals surface area contributed by atoms with E-state index in [4.69, 9.17) is 9.15 Å². The van der Waals surface area contributed by atoms with Crippen molar-refractivity contribution in [3.8, 4) is 0 Å². The summed E-state index contributed by atoms with van der Waals surface area (Å²) in [5.41, 5.74) is 1.99. The molecule has 1 saturated heterocycles. The van der Waals surface area contributed by atoms with Crippen molar-refractivity contribution in [1.82, 2.24) is 9.97 Å². The van der Waals surface area contributed by atoms with Crippen LogP contribution in [-0.2, 0) is 11.3 Å². The lowest BCUT2D eigenvalue weighted by Crippen LogP contribution is -2.36. The number of ether oxygens (including phenoxy) is 1. The van der Waals surface area contributed by atoms with Gasteiger partial charge in [-0.25, -0.2) is 9.97 Å². The molecule has 3 heterocycles. The van der Waals surface area contributed by atoms with Crippen LogP contribution in [-0.4, -0.2) is 36.3 Å². The number of morpholine rings is 1. The van der Waals surface area contributed by atoms with Gasteiger partial charge >= 0.3 is 0 Å². The van der Waals surface area contributed by atoms with Gasteiger partial charge in [-0.2, -0.15) is 0 Å². The number of hydrogen-bond acceptors (Lipinski definition) is 6. The molecule has 19 heavy (non-hydrogen) atoms. The maximum Gasteiger partial charge on any atom is 0.180 e. The highest BCUT2D eigenvalue weighted by molar-refractivity contribution is 5.49. The third-order valence-electron chi connectivity index (χ3n) is 3.06. The molecule has 1 aliphatic heterocycles. The Hall–Kier alpha value is -2.08. The van der Waals surface area contributed by atoms with Crippen LogP contribution < -0.4 is 10.2 Å². The topological polar surface area (TPSA) is 63.4 Å². The maximum absolute atomic E-state index is 5.33. The predicted molar refractivity (Wildman–Crippen MR) is 71.1 cm³/mol. The zero-order valence-electron chi connectivity index (χ0n) is 10.6. The number of nitrogens with one attached hydrogen (secondary N) is 1. The van der Waals surface area contributed by atoms with Crippen LogP contribution >= 0.6 is 0 Å². The molecule has 0 aliphatic carbocycles. The van der Waals surface area contributed by atoms with E-state index in [9.17, 15) is 0 Å². The van der Waals surface area contributed by atoms with Crippen molar-refractivity contribution in [2.75, 3.05) is 36.5 Å². The number of anilines is 2. The van der Waals surface area contributed by atoms with Gasteiger partial charge in [0.1, 0.15) is 12.1 Å². The van der Waals surface area contributed by atoms with Crippen molar-refractivity contribution in [2.24, 2.45) is 0 Å². The Morgan fingerprint density at radius 2 is 2.11 bits per heavy atom. The second kappa shape index (κ2) is 5.71. The molecule has 2 aromatic rings. The van der Waals surface area contributed by atoms with Gasteiger partial charge in [-0.1, -0.05) is 0 Å². The molecule has 2 aromatic heterocycles. The van der Waals surface area contributed by atoms with Gasteiger partial charge in [0.2, 0.25) is 0 Å². The van der Waals surface area contributed by atoms with Gasteiger partial charge in [0, 0.05) is 13.1 Å². The molecule has 0 aromatic carbocycles. The summed E-state index contributed by atoms with van der Waals surface area (Å²) in [6, 6.07) is 4.05. The minimum atomic E-state index is 0.612. The molecular formula is C13H16N4O2. The Kier molecular flexibility index (Phi) is 3.60. The number of rotatable bonds is 4. The van der Waals surface area contributed by atoms with Gasteiger partial charge in [0.05, 0.1) is 37.3 Å². The average molecular weight is 260 g/mol. The van der Waals surface area contributed by atoms with E-state index in [1.807, 2.05) is 12.3 Å². The number of aromatic nitrogens is 2. The summed E-state index contributed by atoms with van der Waals surface area (Å²) in [7, 11) is 0. The lowest BCUT2D eigenvalue weighted by atomic mass is 10.3. The molecular weight excluding hydrogens is 244 g/mol. The van der Waals surface area contributed by atoms with E-state index in [2.05, 4.69) is 26.3 Å². The van der Waals surface area contributed by atoms with Crippen LogP contribution in [0.2, 0.25) is 0 Å². The lowest BCUT2D eigenvalue weighted by Gasteiger charge is -2.28. The summed E-state index contributed by atoms with van der Waals surface area (Å²) in [5, 5.41) is 3.20. The van der Waals surface area contributed by atoms with Crippen molar-refractivity contribution < 1.29 is 9.15 Å². The zero-order valence-corrected chi connectivity index (χ0v) is 10.6. The molecule has 0 bridgehead atoms. The van der Waals surface area contributed by atoms with Gasteiger partial charge in [-0.05, 0) is 12.1 Å². The number of nitrogens with zero attached hydrogens (tertiary/aromatic N) is 3. The third kappa shape index (κ3) is 3.03. The van der Waals surface area contributed by atoms with Crippen LogP contribution in [0.1, 0.15) is 5.69 Å². The van der Waals surface area contributed by atoms with Crippen molar-refractivity contribution in [1.29, 1.82) is 0 Å². The van der Waals surface area contributed by atoms with Gasteiger partial charge < -0.3 is 19.4 Å². The molecule has 6 heteroatoms. The predicted octanol–water partition coefficient (Wildman–Crippen LogP) is 1.52. The summed E-state index contributed by atoms with van der Waals surface area (Å²) in [6.45, 7) is 4.03. The Morgan fingerprint density at radius 3 is 2.79 bits per heavy atom. The van der Waals surface area contributed by atoms with Gasteiger partial charge in [-0.3, -0.25) is 0 Å². The van der Waals surface area contributed by atoms with Crippen LogP contribution in [0.4, 0.5) is 11.5 Å². The molecule has 1 N–H and O–H groups in total. The minimum absolute atomic E-state index is 0.612. The molecule has 1 fully saturated rings. The molecule has 0 spiro atoms. The first kappa shape index (κ1) is 12.0. The molecule has 3 rings (SSSR count). The SMILES string of the molecule is c1nc(CNc2ccc(N3CCOCC3)cn2)co1. The van der Waals surface area contributed by atoms with Crippen molar-refractivity contribution in [3.63, 3.8) is 0 Å². The van der Waals surface area contributed by atoms with Gasteiger partial charge in [0.15, 0.2) is 6.39 Å². The Balaban J connectivity index is 1.58. The minimum Gasteiger partial charge on any atom is -0.451 e. The first-order valence-electron chi connectivity index (χ1n) is 6.31. The van der Waals surface area contributed by atoms with Crippen LogP contribution in [0.3, 0.4) is 0 Å². The monoisotopic (exact) mass is 260 g/mol. The molecule has 0 amide bonds. The second-order valence-electron chi connectivity index (χ2n) is 4.33. The fourth-order valence-electron chi connectivity index (χ4n) is 2.01. The standard InChI is InChI=1S/C13H16N4O2/c1-2-13(14-7-11-9-19-10-16-11)15-8-12(1)17-3-5-18-6-4-17/h1-2,8-10H,3-7H2,(H,14,15). The Morgan fingerprint density at radius 1 is 1.21 bits per heavy atom. The summed E-state index contributed by atoms with van der Waals surface area (Å²) < 4.78 is 10.2. The van der Waals surface area contributed by atoms with Crippen LogP contribution in [0.15, 0.2) is 35.4 Å². The first-order valence-corrected chi connectivity index (χ1v) is 6.31. The molecule has 0 radical (unpaired) electrons. The van der Waals surface area contributed by atoms with Crippen LogP contribution in [0.25, 0.3) is 0 Å². The Labute approximate surface area is 111 Å². The van der Waals surface area contributed by atoms with Crippen LogP contribution in [0.5, 0.6) is 0 Å². The van der Waals surface area contributed by atoms with E-state index >= 15 is 0 Å². The van der Waals surface area contributed by atoms with Crippen molar-refractivity contribution in [2.45, 2.75) is 6.54 Å². The smallest absolute Gasteiger partial charge is 0.180 e. The van der Waals surface area contributed by atoms with Crippen LogP contribution in [0, 0.1) is 0 Å². The molecule has 0 atom stereocenters. The summed E-state index contributed by atoms with van der Waals surface area (Å²) in [4.78, 5) is 10.7. The lowest BCUT2D eigenvalue weighted by molar-refractivity contribution is 0.122. The number of hydrogen-bond donors (Lipinski definition) is 1. The summed E-state index contributed by atoms with van der Waals surface area (Å²) in [5.74, 6) is 0.833. The second-order valence-corrected chi connectivity index (χ2v) is 4.33. The molecule has 100 valence electrons. The molecule has 0 saturated carbocycles. The highest BCUT2D eigenvalue weighted by Gasteiger charge is 2.11. The average Bonchev–Trinajstić information content (AvgIpc) is 3.00. The van der Waals surface area contributed by atoms with E-state index in [1.165, 1.54) is 6.39 Å². The van der Waals surface area contributed by atoms with E-state index in [0.717, 1.165) is 43.5 Å². The van der Waals surface area contributed by atoms with Gasteiger partial charge in [-0.15, -0.1) is 0 Å². The van der Waals surface area contributed by atoms with Crippen molar-refractivity contribution >= 4 is 11.5 Å². The van der Waals surface area contributed by atoms with Gasteiger partial charge in [0.25, 0.3) is 0 Å². The van der Waals surface area contributed by atoms with Crippen molar-refractivity contribution in [3.05, 3.63) is 36.7 Å². The van der Waals surface area contributed by atoms with E-state index in [-0.39, 0.29) is 0 Å². The van der Waals surface area contributed by atoms with E-state index < -0.39 is 0 Å². The van der Waals surface area contributed by atoms with E-state index in [0.29, 0.717) is 6.54 Å². The summed E-state index contributed by atoms with van der Waals surface area (Å²) >= 11 is 0. The molecule has 1 aliphatic rings.